The van der Waals surface area contributed by atoms with E-state index >= 15 is 0 Å². The summed E-state index contributed by atoms with van der Waals surface area (Å²) in [6.45, 7) is 1.90. The van der Waals surface area contributed by atoms with E-state index in [4.69, 9.17) is 8.92 Å². The third-order valence-electron chi connectivity index (χ3n) is 4.42. The van der Waals surface area contributed by atoms with Crippen LogP contribution in [0.4, 0.5) is 0 Å². The van der Waals surface area contributed by atoms with Gasteiger partial charge >= 0.3 is 0 Å². The third kappa shape index (κ3) is 4.50. The Kier molecular flexibility index (Phi) is 5.43. The van der Waals surface area contributed by atoms with Crippen molar-refractivity contribution in [3.63, 3.8) is 0 Å². The summed E-state index contributed by atoms with van der Waals surface area (Å²) in [6.07, 6.45) is 2.08. The molecule has 0 spiro atoms. The number of hydrogen-bond acceptors (Lipinski definition) is 6. The Labute approximate surface area is 152 Å². The third-order valence-corrected chi connectivity index (χ3v) is 5.79. The summed E-state index contributed by atoms with van der Waals surface area (Å²) in [7, 11) is -2.19. The molecule has 2 aromatic rings. The Hall–Kier alpha value is -2.19. The van der Waals surface area contributed by atoms with Crippen LogP contribution in [0.15, 0.2) is 46.1 Å². The Morgan fingerprint density at radius 2 is 1.62 bits per heavy atom. The summed E-state index contributed by atoms with van der Waals surface area (Å²) in [6, 6.07) is 9.58. The Morgan fingerprint density at radius 3 is 2.23 bits per heavy atom. The number of hydrogen-bond donors (Lipinski definition) is 0. The lowest BCUT2D eigenvalue weighted by molar-refractivity contribution is 0.0801. The highest BCUT2D eigenvalue weighted by molar-refractivity contribution is 7.86. The number of nitrogens with zero attached hydrogens (tertiary/aromatic N) is 2. The highest BCUT2D eigenvalue weighted by Crippen LogP contribution is 2.27. The van der Waals surface area contributed by atoms with Crippen molar-refractivity contribution in [3.8, 4) is 5.88 Å². The van der Waals surface area contributed by atoms with E-state index in [-0.39, 0.29) is 22.7 Å². The molecule has 7 nitrogen and oxygen atoms in total. The fourth-order valence-corrected chi connectivity index (χ4v) is 4.03. The lowest BCUT2D eigenvalue weighted by atomic mass is 9.95. The summed E-state index contributed by atoms with van der Waals surface area (Å²) >= 11 is 0. The van der Waals surface area contributed by atoms with Crippen molar-refractivity contribution in [1.82, 2.24) is 9.78 Å². The molecule has 3 rings (SSSR count). The maximum absolute atomic E-state index is 12.4. The van der Waals surface area contributed by atoms with Crippen LogP contribution in [-0.4, -0.2) is 30.4 Å². The van der Waals surface area contributed by atoms with Gasteiger partial charge in [-0.25, -0.2) is 4.68 Å². The molecule has 0 atom stereocenters. The minimum atomic E-state index is -3.75. The van der Waals surface area contributed by atoms with Crippen molar-refractivity contribution in [2.24, 2.45) is 7.05 Å². The van der Waals surface area contributed by atoms with Gasteiger partial charge in [0.05, 0.1) is 11.0 Å². The highest BCUT2D eigenvalue weighted by atomic mass is 32.2. The summed E-state index contributed by atoms with van der Waals surface area (Å²) < 4.78 is 37.1. The van der Waals surface area contributed by atoms with E-state index in [1.165, 1.54) is 10.7 Å². The topological polar surface area (TPSA) is 87.5 Å². The predicted molar refractivity (Wildman–Crippen MR) is 95.6 cm³/mol. The van der Waals surface area contributed by atoms with Crippen LogP contribution in [0, 0.1) is 6.92 Å². The van der Waals surface area contributed by atoms with Crippen LogP contribution >= 0.6 is 0 Å². The summed E-state index contributed by atoms with van der Waals surface area (Å²) in [4.78, 5) is 11.5. The molecule has 1 aliphatic rings. The van der Waals surface area contributed by atoms with Gasteiger partial charge in [-0.1, -0.05) is 17.7 Å². The molecule has 1 aliphatic carbocycles. The molecular weight excluding hydrogens is 356 g/mol. The Balaban J connectivity index is 1.55. The largest absolute Gasteiger partial charge is 0.473 e. The van der Waals surface area contributed by atoms with Crippen LogP contribution in [0.3, 0.4) is 0 Å². The second-order valence-electron chi connectivity index (χ2n) is 6.51. The maximum atomic E-state index is 12.4. The van der Waals surface area contributed by atoms with Crippen LogP contribution in [0.5, 0.6) is 5.88 Å². The molecule has 0 bridgehead atoms. The van der Waals surface area contributed by atoms with E-state index in [1.807, 2.05) is 6.92 Å². The first kappa shape index (κ1) is 18.6. The molecule has 0 radical (unpaired) electrons. The summed E-state index contributed by atoms with van der Waals surface area (Å²) in [5.41, 5.74) is 0.796. The zero-order valence-electron chi connectivity index (χ0n) is 14.8. The van der Waals surface area contributed by atoms with E-state index in [0.29, 0.717) is 31.6 Å². The minimum absolute atomic E-state index is 0.0677. The number of aryl methyl sites for hydroxylation is 2. The number of rotatable bonds is 5. The van der Waals surface area contributed by atoms with Crippen molar-refractivity contribution in [2.45, 2.75) is 49.7 Å². The first-order chi connectivity index (χ1) is 12.3. The lowest BCUT2D eigenvalue weighted by Crippen LogP contribution is -2.30. The van der Waals surface area contributed by atoms with Gasteiger partial charge in [-0.3, -0.25) is 8.98 Å². The molecule has 0 unspecified atom stereocenters. The van der Waals surface area contributed by atoms with E-state index in [1.54, 1.807) is 37.4 Å². The van der Waals surface area contributed by atoms with Crippen molar-refractivity contribution < 1.29 is 17.3 Å². The standard InChI is InChI=1S/C18H22N2O5S/c1-13-3-9-16(10-4-13)26(22,23)25-15-7-5-14(6-8-15)24-17-11-12-18(21)20(2)19-17/h3-4,9-12,14-15H,5-8H2,1-2H3. The maximum Gasteiger partial charge on any atom is 0.297 e. The van der Waals surface area contributed by atoms with Crippen LogP contribution in [0.2, 0.25) is 0 Å². The molecule has 0 N–H and O–H groups in total. The smallest absolute Gasteiger partial charge is 0.297 e. The minimum Gasteiger partial charge on any atom is -0.473 e. The Morgan fingerprint density at radius 1 is 1.00 bits per heavy atom. The fourth-order valence-electron chi connectivity index (χ4n) is 2.90. The molecule has 26 heavy (non-hydrogen) atoms. The second kappa shape index (κ2) is 7.59. The summed E-state index contributed by atoms with van der Waals surface area (Å²) in [5, 5.41) is 4.05. The highest BCUT2D eigenvalue weighted by Gasteiger charge is 2.28. The van der Waals surface area contributed by atoms with Crippen molar-refractivity contribution in [3.05, 3.63) is 52.3 Å². The van der Waals surface area contributed by atoms with Gasteiger partial charge in [-0.05, 0) is 44.7 Å². The molecule has 0 aliphatic heterocycles. The van der Waals surface area contributed by atoms with Gasteiger partial charge in [-0.2, -0.15) is 8.42 Å². The quantitative estimate of drug-likeness (QED) is 0.741. The average molecular weight is 378 g/mol. The monoisotopic (exact) mass is 378 g/mol. The number of benzene rings is 1. The molecule has 1 aromatic carbocycles. The van der Waals surface area contributed by atoms with Crippen molar-refractivity contribution in [1.29, 1.82) is 0 Å². The molecular formula is C18H22N2O5S. The molecule has 140 valence electrons. The molecule has 1 fully saturated rings. The van der Waals surface area contributed by atoms with E-state index in [0.717, 1.165) is 5.56 Å². The normalized spacial score (nSPS) is 20.7. The number of ether oxygens (including phenoxy) is 1. The first-order valence-electron chi connectivity index (χ1n) is 8.54. The lowest BCUT2D eigenvalue weighted by Gasteiger charge is -2.28. The van der Waals surface area contributed by atoms with Crippen LogP contribution in [-0.2, 0) is 21.3 Å². The molecule has 1 heterocycles. The fraction of sp³-hybridized carbons (Fsp3) is 0.444. The zero-order valence-corrected chi connectivity index (χ0v) is 15.6. The zero-order chi connectivity index (χ0) is 18.7. The average Bonchev–Trinajstić information content (AvgIpc) is 2.60. The molecule has 8 heteroatoms. The first-order valence-corrected chi connectivity index (χ1v) is 9.95. The Bertz CT molecular complexity index is 913. The van der Waals surface area contributed by atoms with Gasteiger partial charge in [0.25, 0.3) is 15.7 Å². The van der Waals surface area contributed by atoms with E-state index < -0.39 is 10.1 Å². The summed E-state index contributed by atoms with van der Waals surface area (Å²) in [5.74, 6) is 0.392. The van der Waals surface area contributed by atoms with Gasteiger partial charge in [0, 0.05) is 19.2 Å². The van der Waals surface area contributed by atoms with Crippen molar-refractivity contribution >= 4 is 10.1 Å². The molecule has 0 saturated heterocycles. The van der Waals surface area contributed by atoms with Crippen molar-refractivity contribution in [2.75, 3.05) is 0 Å². The van der Waals surface area contributed by atoms with Crippen LogP contribution < -0.4 is 10.3 Å². The second-order valence-corrected chi connectivity index (χ2v) is 8.09. The number of aromatic nitrogens is 2. The van der Waals surface area contributed by atoms with Gasteiger partial charge in [-0.15, -0.1) is 5.10 Å². The molecule has 1 aromatic heterocycles. The van der Waals surface area contributed by atoms with Gasteiger partial charge in [0.15, 0.2) is 0 Å². The predicted octanol–water partition coefficient (Wildman–Crippen LogP) is 2.18. The molecule has 1 saturated carbocycles. The molecule has 0 amide bonds. The van der Waals surface area contributed by atoms with E-state index in [9.17, 15) is 13.2 Å². The SMILES string of the molecule is Cc1ccc(S(=O)(=O)OC2CCC(Oc3ccc(=O)n(C)n3)CC2)cc1. The van der Waals surface area contributed by atoms with Crippen LogP contribution in [0.25, 0.3) is 0 Å². The van der Waals surface area contributed by atoms with E-state index in [2.05, 4.69) is 5.10 Å². The van der Waals surface area contributed by atoms with Crippen LogP contribution in [0.1, 0.15) is 31.2 Å². The van der Waals surface area contributed by atoms with Gasteiger partial charge in [0.1, 0.15) is 6.10 Å². The van der Waals surface area contributed by atoms with Gasteiger partial charge < -0.3 is 4.74 Å². The van der Waals surface area contributed by atoms with Gasteiger partial charge in [0.2, 0.25) is 5.88 Å².